The Morgan fingerprint density at radius 3 is 2.53 bits per heavy atom. The van der Waals surface area contributed by atoms with Gasteiger partial charge >= 0.3 is 0 Å². The summed E-state index contributed by atoms with van der Waals surface area (Å²) in [5.74, 6) is 0. The molecule has 3 heteroatoms. The number of nitrogens with one attached hydrogen (secondary N) is 1. The average Bonchev–Trinajstić information content (AvgIpc) is 2.43. The summed E-state index contributed by atoms with van der Waals surface area (Å²) >= 11 is 0. The number of likely N-dealkylation sites (N-methyl/N-ethyl adjacent to an activating group) is 1. The molecule has 1 heterocycles. The number of hydrogen-bond donors (Lipinski definition) is 1. The molecule has 0 radical (unpaired) electrons. The lowest BCUT2D eigenvalue weighted by molar-refractivity contribution is 0.625. The van der Waals surface area contributed by atoms with E-state index in [9.17, 15) is 0 Å². The molecule has 0 amide bonds. The molecule has 0 aliphatic carbocycles. The van der Waals surface area contributed by atoms with Crippen LogP contribution in [0.4, 0.5) is 0 Å². The van der Waals surface area contributed by atoms with Gasteiger partial charge in [-0.25, -0.2) is 0 Å². The van der Waals surface area contributed by atoms with Crippen molar-refractivity contribution in [2.75, 3.05) is 13.1 Å². The van der Waals surface area contributed by atoms with Crippen molar-refractivity contribution in [2.24, 2.45) is 0 Å². The number of rotatable bonds is 5. The maximum Gasteiger partial charge on any atom is 0.0632 e. The smallest absolute Gasteiger partial charge is 0.0632 e. The minimum Gasteiger partial charge on any atom is -0.313 e. The molecule has 0 aliphatic heterocycles. The lowest BCUT2D eigenvalue weighted by Gasteiger charge is -2.08. The Morgan fingerprint density at radius 1 is 1.40 bits per heavy atom. The van der Waals surface area contributed by atoms with E-state index in [-0.39, 0.29) is 0 Å². The Morgan fingerprint density at radius 2 is 2.07 bits per heavy atom. The minimum absolute atomic E-state index is 0.813. The maximum atomic E-state index is 4.49. The van der Waals surface area contributed by atoms with Crippen LogP contribution in [0.2, 0.25) is 0 Å². The third-order valence-corrected chi connectivity index (χ3v) is 2.74. The largest absolute Gasteiger partial charge is 0.313 e. The van der Waals surface area contributed by atoms with Gasteiger partial charge in [0.05, 0.1) is 12.2 Å². The van der Waals surface area contributed by atoms with Crippen LogP contribution in [0.3, 0.4) is 0 Å². The average molecular weight is 207 g/mol. The predicted molar refractivity (Wildman–Crippen MR) is 64.1 cm³/mol. The van der Waals surface area contributed by atoms with Crippen LogP contribution in [-0.4, -0.2) is 22.9 Å². The van der Waals surface area contributed by atoms with Gasteiger partial charge in [-0.2, -0.15) is 5.10 Å². The monoisotopic (exact) mass is 207 g/mol. The predicted octanol–water partition coefficient (Wildman–Crippen LogP) is 1.97. The lowest BCUT2D eigenvalue weighted by atomic mass is 10.2. The molecule has 84 valence electrons. The first-order chi connectivity index (χ1) is 7.06. The van der Waals surface area contributed by atoms with Gasteiger partial charge in [-0.05, 0) is 38.5 Å². The second kappa shape index (κ2) is 5.12. The Hall–Kier alpha value is -1.09. The summed E-state index contributed by atoms with van der Waals surface area (Å²) in [4.78, 5) is 0. The molecule has 1 aromatic rings. The summed E-state index contributed by atoms with van der Waals surface area (Å²) in [6.45, 7) is 15.1. The van der Waals surface area contributed by atoms with Crippen LogP contribution in [0.1, 0.15) is 23.9 Å². The molecule has 15 heavy (non-hydrogen) atoms. The molecule has 3 nitrogen and oxygen atoms in total. The third-order valence-electron chi connectivity index (χ3n) is 2.74. The molecule has 0 spiro atoms. The SMILES string of the molecule is C=C(CNCC)Cn1nc(C)c(C)c1C. The summed E-state index contributed by atoms with van der Waals surface area (Å²) in [6.07, 6.45) is 0. The Kier molecular flexibility index (Phi) is 4.09. The van der Waals surface area contributed by atoms with Gasteiger partial charge in [0.25, 0.3) is 0 Å². The van der Waals surface area contributed by atoms with E-state index in [1.807, 2.05) is 11.6 Å². The van der Waals surface area contributed by atoms with E-state index in [0.717, 1.165) is 25.3 Å². The fourth-order valence-corrected chi connectivity index (χ4v) is 1.51. The van der Waals surface area contributed by atoms with E-state index < -0.39 is 0 Å². The first-order valence-electron chi connectivity index (χ1n) is 5.44. The van der Waals surface area contributed by atoms with Crippen molar-refractivity contribution >= 4 is 0 Å². The molecular formula is C12H21N3. The zero-order valence-electron chi connectivity index (χ0n) is 10.2. The molecule has 0 aromatic carbocycles. The number of aromatic nitrogens is 2. The van der Waals surface area contributed by atoms with Crippen LogP contribution in [0.25, 0.3) is 0 Å². The second-order valence-corrected chi connectivity index (χ2v) is 3.98. The van der Waals surface area contributed by atoms with E-state index in [1.165, 1.54) is 16.8 Å². The van der Waals surface area contributed by atoms with E-state index in [2.05, 4.69) is 37.8 Å². The molecule has 0 bridgehead atoms. The quantitative estimate of drug-likeness (QED) is 0.748. The Balaban J connectivity index is 2.64. The molecule has 1 N–H and O–H groups in total. The fourth-order valence-electron chi connectivity index (χ4n) is 1.51. The van der Waals surface area contributed by atoms with Crippen LogP contribution < -0.4 is 5.32 Å². The van der Waals surface area contributed by atoms with Crippen molar-refractivity contribution in [3.05, 3.63) is 29.1 Å². The van der Waals surface area contributed by atoms with Gasteiger partial charge in [0.2, 0.25) is 0 Å². The van der Waals surface area contributed by atoms with Crippen LogP contribution in [0.15, 0.2) is 12.2 Å². The molecule has 0 saturated carbocycles. The van der Waals surface area contributed by atoms with E-state index in [4.69, 9.17) is 0 Å². The maximum absolute atomic E-state index is 4.49. The molecule has 0 unspecified atom stereocenters. The van der Waals surface area contributed by atoms with Crippen LogP contribution in [-0.2, 0) is 6.54 Å². The van der Waals surface area contributed by atoms with Crippen molar-refractivity contribution < 1.29 is 0 Å². The van der Waals surface area contributed by atoms with Crippen LogP contribution >= 0.6 is 0 Å². The minimum atomic E-state index is 0.813. The Labute approximate surface area is 92.2 Å². The van der Waals surface area contributed by atoms with Gasteiger partial charge in [-0.1, -0.05) is 13.5 Å². The molecule has 0 fully saturated rings. The van der Waals surface area contributed by atoms with Crippen molar-refractivity contribution in [3.63, 3.8) is 0 Å². The Bertz CT molecular complexity index is 350. The van der Waals surface area contributed by atoms with Crippen molar-refractivity contribution in [1.82, 2.24) is 15.1 Å². The van der Waals surface area contributed by atoms with Crippen molar-refractivity contribution in [2.45, 2.75) is 34.2 Å². The zero-order valence-corrected chi connectivity index (χ0v) is 10.2. The van der Waals surface area contributed by atoms with Gasteiger partial charge < -0.3 is 5.32 Å². The number of aryl methyl sites for hydroxylation is 1. The number of hydrogen-bond acceptors (Lipinski definition) is 2. The number of nitrogens with zero attached hydrogens (tertiary/aromatic N) is 2. The van der Waals surface area contributed by atoms with Crippen molar-refractivity contribution in [1.29, 1.82) is 0 Å². The van der Waals surface area contributed by atoms with E-state index >= 15 is 0 Å². The van der Waals surface area contributed by atoms with Gasteiger partial charge in [-0.15, -0.1) is 0 Å². The van der Waals surface area contributed by atoms with Gasteiger partial charge in [-0.3, -0.25) is 4.68 Å². The zero-order chi connectivity index (χ0) is 11.4. The van der Waals surface area contributed by atoms with Crippen LogP contribution in [0.5, 0.6) is 0 Å². The molecular weight excluding hydrogens is 186 g/mol. The molecule has 0 aliphatic rings. The van der Waals surface area contributed by atoms with E-state index in [0.29, 0.717) is 0 Å². The normalized spacial score (nSPS) is 10.7. The van der Waals surface area contributed by atoms with Crippen LogP contribution in [0, 0.1) is 20.8 Å². The summed E-state index contributed by atoms with van der Waals surface area (Å²) in [7, 11) is 0. The summed E-state index contributed by atoms with van der Waals surface area (Å²) in [5, 5.41) is 7.75. The molecule has 0 atom stereocenters. The van der Waals surface area contributed by atoms with Crippen molar-refractivity contribution in [3.8, 4) is 0 Å². The summed E-state index contributed by atoms with van der Waals surface area (Å²) < 4.78 is 2.03. The lowest BCUT2D eigenvalue weighted by Crippen LogP contribution is -2.19. The van der Waals surface area contributed by atoms with E-state index in [1.54, 1.807) is 0 Å². The van der Waals surface area contributed by atoms with Gasteiger partial charge in [0, 0.05) is 12.2 Å². The molecule has 0 saturated heterocycles. The highest BCUT2D eigenvalue weighted by Gasteiger charge is 2.07. The first kappa shape index (κ1) is 12.0. The summed E-state index contributed by atoms with van der Waals surface area (Å²) in [6, 6.07) is 0. The third kappa shape index (κ3) is 2.93. The highest BCUT2D eigenvalue weighted by Crippen LogP contribution is 2.11. The highest BCUT2D eigenvalue weighted by molar-refractivity contribution is 5.22. The fraction of sp³-hybridized carbons (Fsp3) is 0.583. The second-order valence-electron chi connectivity index (χ2n) is 3.98. The van der Waals surface area contributed by atoms with Gasteiger partial charge in [0.15, 0.2) is 0 Å². The first-order valence-corrected chi connectivity index (χ1v) is 5.44. The standard InChI is InChI=1S/C12H21N3/c1-6-13-7-9(2)8-15-12(5)10(3)11(4)14-15/h13H,2,6-8H2,1,3-5H3. The topological polar surface area (TPSA) is 29.9 Å². The molecule has 1 rings (SSSR count). The summed E-state index contributed by atoms with van der Waals surface area (Å²) in [5.41, 5.74) is 4.81. The molecule has 1 aromatic heterocycles. The van der Waals surface area contributed by atoms with Gasteiger partial charge in [0.1, 0.15) is 0 Å². The highest BCUT2D eigenvalue weighted by atomic mass is 15.3.